The molecule has 1 aliphatic rings. The van der Waals surface area contributed by atoms with Crippen molar-refractivity contribution in [1.82, 2.24) is 9.88 Å². The van der Waals surface area contributed by atoms with Crippen LogP contribution >= 0.6 is 11.8 Å². The van der Waals surface area contributed by atoms with Gasteiger partial charge >= 0.3 is 6.18 Å². The van der Waals surface area contributed by atoms with Gasteiger partial charge in [-0.2, -0.15) is 13.2 Å². The van der Waals surface area contributed by atoms with E-state index >= 15 is 0 Å². The molecule has 1 aromatic carbocycles. The molecule has 0 spiro atoms. The van der Waals surface area contributed by atoms with E-state index in [9.17, 15) is 18.0 Å². The molecule has 2 heterocycles. The minimum absolute atomic E-state index is 0.0431. The standard InChI is InChI=1S/C22H23F3N2O3S/c23-22(24,25)18-6-7-20(26-14-18)30-16-19-15-27(10-11-29-19)21(28)9-13-31-12-8-17-4-2-1-3-5-17/h1-8,12,14,19H,9-11,13,15-16H2. The van der Waals surface area contributed by atoms with E-state index in [-0.39, 0.29) is 24.5 Å². The summed E-state index contributed by atoms with van der Waals surface area (Å²) in [4.78, 5) is 17.9. The third kappa shape index (κ3) is 7.59. The second kappa shape index (κ2) is 11.2. The largest absolute Gasteiger partial charge is 0.475 e. The highest BCUT2D eigenvalue weighted by molar-refractivity contribution is 8.02. The van der Waals surface area contributed by atoms with Crippen molar-refractivity contribution >= 4 is 23.7 Å². The van der Waals surface area contributed by atoms with Gasteiger partial charge in [-0.05, 0) is 23.1 Å². The Balaban J connectivity index is 1.38. The van der Waals surface area contributed by atoms with E-state index in [0.29, 0.717) is 31.9 Å². The molecule has 1 aromatic heterocycles. The van der Waals surface area contributed by atoms with E-state index in [1.807, 2.05) is 41.8 Å². The molecular formula is C22H23F3N2O3S. The number of amides is 1. The maximum atomic E-state index is 12.6. The zero-order chi connectivity index (χ0) is 22.1. The summed E-state index contributed by atoms with van der Waals surface area (Å²) in [6, 6.07) is 12.0. The number of hydrogen-bond donors (Lipinski definition) is 0. The summed E-state index contributed by atoms with van der Waals surface area (Å²) in [5, 5.41) is 1.98. The Kier molecular flexibility index (Phi) is 8.36. The Hall–Kier alpha value is -2.52. The number of benzene rings is 1. The number of halogens is 3. The summed E-state index contributed by atoms with van der Waals surface area (Å²) in [6.07, 6.45) is -1.64. The fourth-order valence-electron chi connectivity index (χ4n) is 2.92. The van der Waals surface area contributed by atoms with Crippen molar-refractivity contribution in [3.05, 3.63) is 65.2 Å². The molecule has 1 amide bonds. The van der Waals surface area contributed by atoms with Crippen molar-refractivity contribution < 1.29 is 27.4 Å². The normalized spacial score (nSPS) is 17.1. The van der Waals surface area contributed by atoms with Crippen LogP contribution in [0, 0.1) is 0 Å². The lowest BCUT2D eigenvalue weighted by Crippen LogP contribution is -2.47. The average Bonchev–Trinajstić information content (AvgIpc) is 2.78. The molecule has 31 heavy (non-hydrogen) atoms. The van der Waals surface area contributed by atoms with Gasteiger partial charge in [0.05, 0.1) is 18.7 Å². The average molecular weight is 452 g/mol. The first-order valence-corrected chi connectivity index (χ1v) is 10.9. The third-order valence-corrected chi connectivity index (χ3v) is 5.33. The molecule has 0 radical (unpaired) electrons. The van der Waals surface area contributed by atoms with Gasteiger partial charge in [0.15, 0.2) is 0 Å². The first-order chi connectivity index (χ1) is 14.9. The minimum atomic E-state index is -4.44. The zero-order valence-corrected chi connectivity index (χ0v) is 17.6. The van der Waals surface area contributed by atoms with Gasteiger partial charge in [-0.1, -0.05) is 30.3 Å². The Bertz CT molecular complexity index is 861. The highest BCUT2D eigenvalue weighted by Gasteiger charge is 2.31. The first kappa shape index (κ1) is 23.1. The Morgan fingerprint density at radius 1 is 1.26 bits per heavy atom. The molecule has 3 rings (SSSR count). The van der Waals surface area contributed by atoms with Crippen LogP contribution in [-0.4, -0.2) is 54.0 Å². The van der Waals surface area contributed by atoms with Crippen molar-refractivity contribution in [3.8, 4) is 5.88 Å². The zero-order valence-electron chi connectivity index (χ0n) is 16.8. The molecule has 9 heteroatoms. The van der Waals surface area contributed by atoms with Crippen molar-refractivity contribution in [2.45, 2.75) is 18.7 Å². The van der Waals surface area contributed by atoms with Crippen LogP contribution in [0.15, 0.2) is 54.1 Å². The Labute approximate surface area is 183 Å². The maximum absolute atomic E-state index is 12.6. The van der Waals surface area contributed by atoms with Crippen LogP contribution in [0.4, 0.5) is 13.2 Å². The molecule has 5 nitrogen and oxygen atoms in total. The van der Waals surface area contributed by atoms with Crippen molar-refractivity contribution in [2.24, 2.45) is 0 Å². The number of aromatic nitrogens is 1. The highest BCUT2D eigenvalue weighted by atomic mass is 32.2. The molecule has 1 fully saturated rings. The van der Waals surface area contributed by atoms with Gasteiger partial charge in [0.25, 0.3) is 0 Å². The van der Waals surface area contributed by atoms with Gasteiger partial charge in [0.2, 0.25) is 11.8 Å². The summed E-state index contributed by atoms with van der Waals surface area (Å²) in [7, 11) is 0. The number of ether oxygens (including phenoxy) is 2. The lowest BCUT2D eigenvalue weighted by Gasteiger charge is -2.32. The SMILES string of the molecule is O=C(CCSC=Cc1ccccc1)N1CCOC(COc2ccc(C(F)(F)F)cn2)C1. The molecule has 2 aromatic rings. The van der Waals surface area contributed by atoms with E-state index < -0.39 is 11.7 Å². The van der Waals surface area contributed by atoms with Gasteiger partial charge in [-0.25, -0.2) is 4.98 Å². The topological polar surface area (TPSA) is 51.7 Å². The van der Waals surface area contributed by atoms with E-state index in [1.54, 1.807) is 16.7 Å². The minimum Gasteiger partial charge on any atom is -0.475 e. The smallest absolute Gasteiger partial charge is 0.417 e. The third-order valence-electron chi connectivity index (χ3n) is 4.56. The molecule has 0 saturated carbocycles. The van der Waals surface area contributed by atoms with Gasteiger partial charge in [0, 0.05) is 31.0 Å². The number of rotatable bonds is 8. The molecule has 1 unspecified atom stereocenters. The van der Waals surface area contributed by atoms with E-state index in [1.165, 1.54) is 6.07 Å². The van der Waals surface area contributed by atoms with Crippen molar-refractivity contribution in [1.29, 1.82) is 0 Å². The summed E-state index contributed by atoms with van der Waals surface area (Å²) in [6.45, 7) is 1.39. The van der Waals surface area contributed by atoms with Crippen LogP contribution < -0.4 is 4.74 Å². The second-order valence-electron chi connectivity index (χ2n) is 6.86. The van der Waals surface area contributed by atoms with E-state index in [0.717, 1.165) is 17.8 Å². The van der Waals surface area contributed by atoms with Gasteiger partial charge in [-0.15, -0.1) is 11.8 Å². The predicted octanol–water partition coefficient (Wildman–Crippen LogP) is 4.50. The molecule has 1 atom stereocenters. The summed E-state index contributed by atoms with van der Waals surface area (Å²) >= 11 is 1.58. The molecular weight excluding hydrogens is 429 g/mol. The van der Waals surface area contributed by atoms with Gasteiger partial charge in [-0.3, -0.25) is 4.79 Å². The molecule has 1 aliphatic heterocycles. The summed E-state index contributed by atoms with van der Waals surface area (Å²) < 4.78 is 48.8. The number of thioether (sulfide) groups is 1. The number of carbonyl (C=O) groups is 1. The molecule has 1 saturated heterocycles. The van der Waals surface area contributed by atoms with Crippen LogP contribution in [-0.2, 0) is 15.7 Å². The van der Waals surface area contributed by atoms with Crippen LogP contribution in [0.1, 0.15) is 17.5 Å². The molecule has 0 bridgehead atoms. The first-order valence-electron chi connectivity index (χ1n) is 9.80. The van der Waals surface area contributed by atoms with Crippen molar-refractivity contribution in [2.75, 3.05) is 32.1 Å². The summed E-state index contributed by atoms with van der Waals surface area (Å²) in [5.41, 5.74) is 0.280. The van der Waals surface area contributed by atoms with Crippen molar-refractivity contribution in [3.63, 3.8) is 0 Å². The summed E-state index contributed by atoms with van der Waals surface area (Å²) in [5.74, 6) is 0.805. The lowest BCUT2D eigenvalue weighted by molar-refractivity contribution is -0.139. The Morgan fingerprint density at radius 2 is 2.06 bits per heavy atom. The van der Waals surface area contributed by atoms with Crippen LogP contribution in [0.3, 0.4) is 0 Å². The number of morpholine rings is 1. The predicted molar refractivity (Wildman–Crippen MR) is 114 cm³/mol. The Morgan fingerprint density at radius 3 is 2.77 bits per heavy atom. The molecule has 0 N–H and O–H groups in total. The van der Waals surface area contributed by atoms with Crippen LogP contribution in [0.2, 0.25) is 0 Å². The lowest BCUT2D eigenvalue weighted by atomic mass is 10.2. The van der Waals surface area contributed by atoms with Crippen LogP contribution in [0.5, 0.6) is 5.88 Å². The fourth-order valence-corrected chi connectivity index (χ4v) is 3.60. The van der Waals surface area contributed by atoms with Crippen LogP contribution in [0.25, 0.3) is 6.08 Å². The van der Waals surface area contributed by atoms with Gasteiger partial charge in [0.1, 0.15) is 12.7 Å². The van der Waals surface area contributed by atoms with E-state index in [4.69, 9.17) is 9.47 Å². The fraction of sp³-hybridized carbons (Fsp3) is 0.364. The number of pyridine rings is 1. The number of alkyl halides is 3. The highest BCUT2D eigenvalue weighted by Crippen LogP contribution is 2.29. The maximum Gasteiger partial charge on any atom is 0.417 e. The second-order valence-corrected chi connectivity index (χ2v) is 7.87. The molecule has 0 aliphatic carbocycles. The van der Waals surface area contributed by atoms with E-state index in [2.05, 4.69) is 4.98 Å². The quantitative estimate of drug-likeness (QED) is 0.552. The monoisotopic (exact) mass is 452 g/mol. The molecule has 166 valence electrons. The number of carbonyl (C=O) groups excluding carboxylic acids is 1. The number of hydrogen-bond acceptors (Lipinski definition) is 5. The van der Waals surface area contributed by atoms with Gasteiger partial charge < -0.3 is 14.4 Å². The number of nitrogens with zero attached hydrogens (tertiary/aromatic N) is 2.